The van der Waals surface area contributed by atoms with Crippen molar-refractivity contribution in [3.63, 3.8) is 0 Å². The summed E-state index contributed by atoms with van der Waals surface area (Å²) in [6.07, 6.45) is 2.47. The zero-order chi connectivity index (χ0) is 12.0. The maximum absolute atomic E-state index is 4.38. The number of nitrogens with zero attached hydrogens (tertiary/aromatic N) is 3. The molecule has 0 aliphatic carbocycles. The topological polar surface area (TPSA) is 29.0 Å². The fourth-order valence-electron chi connectivity index (χ4n) is 1.27. The lowest BCUT2D eigenvalue weighted by Gasteiger charge is -2.10. The van der Waals surface area contributed by atoms with Gasteiger partial charge in [-0.25, -0.2) is 0 Å². The smallest absolute Gasteiger partial charge is 0.208 e. The maximum Gasteiger partial charge on any atom is 0.208 e. The summed E-state index contributed by atoms with van der Waals surface area (Å²) in [7, 11) is 3.98. The lowest BCUT2D eigenvalue weighted by Crippen LogP contribution is -2.07. The van der Waals surface area contributed by atoms with Crippen LogP contribution in [0.1, 0.15) is 19.8 Å². The number of aromatic nitrogens is 2. The average molecular weight is 277 g/mol. The van der Waals surface area contributed by atoms with Crippen molar-refractivity contribution in [1.29, 1.82) is 0 Å². The van der Waals surface area contributed by atoms with E-state index in [0.717, 1.165) is 21.0 Å². The first-order valence-electron chi connectivity index (χ1n) is 5.41. The van der Waals surface area contributed by atoms with Crippen molar-refractivity contribution in [3.05, 3.63) is 0 Å². The van der Waals surface area contributed by atoms with Crippen molar-refractivity contribution in [2.75, 3.05) is 30.5 Å². The van der Waals surface area contributed by atoms with Crippen LogP contribution in [-0.2, 0) is 0 Å². The summed E-state index contributed by atoms with van der Waals surface area (Å²) in [5.74, 6) is 2.74. The van der Waals surface area contributed by atoms with Gasteiger partial charge >= 0.3 is 0 Å². The molecule has 0 aliphatic rings. The van der Waals surface area contributed by atoms with E-state index in [1.165, 1.54) is 12.8 Å². The molecule has 0 aliphatic heterocycles. The highest BCUT2D eigenvalue weighted by Crippen LogP contribution is 2.29. The Morgan fingerprint density at radius 3 is 2.69 bits per heavy atom. The highest BCUT2D eigenvalue weighted by Gasteiger charge is 2.10. The molecule has 1 atom stereocenters. The van der Waals surface area contributed by atoms with E-state index < -0.39 is 0 Å². The number of hydrogen-bond donors (Lipinski definition) is 1. The Bertz CT molecular complexity index is 301. The summed E-state index contributed by atoms with van der Waals surface area (Å²) >= 11 is 7.83. The highest BCUT2D eigenvalue weighted by molar-refractivity contribution is 8.01. The molecule has 0 fully saturated rings. The maximum atomic E-state index is 4.38. The molecule has 1 unspecified atom stereocenters. The molecule has 0 aromatic carbocycles. The molecule has 1 rings (SSSR count). The van der Waals surface area contributed by atoms with Gasteiger partial charge in [-0.1, -0.05) is 36.4 Å². The highest BCUT2D eigenvalue weighted by atomic mass is 32.2. The van der Waals surface area contributed by atoms with E-state index in [9.17, 15) is 0 Å². The second-order valence-electron chi connectivity index (χ2n) is 3.89. The molecular formula is C10H19N3S3. The Labute approximate surface area is 111 Å². The molecule has 92 valence electrons. The van der Waals surface area contributed by atoms with Crippen molar-refractivity contribution in [2.45, 2.75) is 24.1 Å². The zero-order valence-electron chi connectivity index (χ0n) is 10.0. The molecule has 16 heavy (non-hydrogen) atoms. The predicted molar refractivity (Wildman–Crippen MR) is 77.2 cm³/mol. The molecular weight excluding hydrogens is 258 g/mol. The molecule has 6 heteroatoms. The van der Waals surface area contributed by atoms with Crippen molar-refractivity contribution in [3.8, 4) is 0 Å². The van der Waals surface area contributed by atoms with E-state index in [4.69, 9.17) is 0 Å². The first kappa shape index (κ1) is 14.1. The van der Waals surface area contributed by atoms with Gasteiger partial charge in [-0.2, -0.15) is 12.6 Å². The van der Waals surface area contributed by atoms with E-state index in [-0.39, 0.29) is 0 Å². The van der Waals surface area contributed by atoms with Gasteiger partial charge in [-0.05, 0) is 18.1 Å². The molecule has 0 bridgehead atoms. The summed E-state index contributed by atoms with van der Waals surface area (Å²) in [5, 5.41) is 9.26. The Balaban J connectivity index is 2.41. The standard InChI is InChI=1S/C10H19N3S3/c1-4-5-8(6-14)7-15-10-12-11-9(16-10)13(2)3/h8,14H,4-7H2,1-3H3. The zero-order valence-corrected chi connectivity index (χ0v) is 12.5. The Hall–Kier alpha value is 0.0600. The number of hydrogen-bond acceptors (Lipinski definition) is 6. The van der Waals surface area contributed by atoms with Gasteiger partial charge in [0, 0.05) is 19.8 Å². The third-order valence-electron chi connectivity index (χ3n) is 2.18. The van der Waals surface area contributed by atoms with E-state index in [0.29, 0.717) is 5.92 Å². The van der Waals surface area contributed by atoms with Crippen LogP contribution in [-0.4, -0.2) is 35.8 Å². The summed E-state index contributed by atoms with van der Waals surface area (Å²) in [6, 6.07) is 0. The summed E-state index contributed by atoms with van der Waals surface area (Å²) in [4.78, 5) is 1.99. The van der Waals surface area contributed by atoms with Crippen LogP contribution in [0.4, 0.5) is 5.13 Å². The lowest BCUT2D eigenvalue weighted by atomic mass is 10.1. The Morgan fingerprint density at radius 1 is 1.44 bits per heavy atom. The number of thioether (sulfide) groups is 1. The van der Waals surface area contributed by atoms with Crippen LogP contribution >= 0.6 is 35.7 Å². The molecule has 0 radical (unpaired) electrons. The second kappa shape index (κ2) is 7.40. The largest absolute Gasteiger partial charge is 0.353 e. The van der Waals surface area contributed by atoms with Gasteiger partial charge in [0.1, 0.15) is 0 Å². The molecule has 3 nitrogen and oxygen atoms in total. The van der Waals surface area contributed by atoms with Crippen LogP contribution in [0.2, 0.25) is 0 Å². The Kier molecular flexibility index (Phi) is 6.53. The molecule has 0 saturated carbocycles. The molecule has 1 aromatic heterocycles. The van der Waals surface area contributed by atoms with E-state index in [2.05, 4.69) is 29.7 Å². The minimum atomic E-state index is 0.685. The first-order chi connectivity index (χ1) is 7.67. The van der Waals surface area contributed by atoms with Crippen LogP contribution in [0.3, 0.4) is 0 Å². The van der Waals surface area contributed by atoms with E-state index in [1.807, 2.05) is 19.0 Å². The van der Waals surface area contributed by atoms with Gasteiger partial charge in [-0.3, -0.25) is 0 Å². The van der Waals surface area contributed by atoms with E-state index >= 15 is 0 Å². The predicted octanol–water partition coefficient (Wildman–Crippen LogP) is 3.04. The van der Waals surface area contributed by atoms with E-state index in [1.54, 1.807) is 23.1 Å². The second-order valence-corrected chi connectivity index (χ2v) is 6.48. The number of thiol groups is 1. The van der Waals surface area contributed by atoms with Gasteiger partial charge in [0.15, 0.2) is 4.34 Å². The normalized spacial score (nSPS) is 12.8. The van der Waals surface area contributed by atoms with Gasteiger partial charge < -0.3 is 4.90 Å². The van der Waals surface area contributed by atoms with Crippen molar-refractivity contribution in [2.24, 2.45) is 5.92 Å². The minimum Gasteiger partial charge on any atom is -0.353 e. The molecule has 1 heterocycles. The van der Waals surface area contributed by atoms with Crippen molar-refractivity contribution >= 4 is 40.9 Å². The lowest BCUT2D eigenvalue weighted by molar-refractivity contribution is 0.595. The molecule has 0 saturated heterocycles. The monoisotopic (exact) mass is 277 g/mol. The van der Waals surface area contributed by atoms with Crippen LogP contribution < -0.4 is 4.90 Å². The average Bonchev–Trinajstić information content (AvgIpc) is 2.73. The number of rotatable bonds is 7. The first-order valence-corrected chi connectivity index (χ1v) is 7.85. The summed E-state index contributed by atoms with van der Waals surface area (Å²) < 4.78 is 1.06. The molecule has 0 N–H and O–H groups in total. The fourth-order valence-corrected chi connectivity index (χ4v) is 3.68. The third kappa shape index (κ3) is 4.51. The molecule has 1 aromatic rings. The summed E-state index contributed by atoms with van der Waals surface area (Å²) in [6.45, 7) is 2.22. The number of anilines is 1. The summed E-state index contributed by atoms with van der Waals surface area (Å²) in [5.41, 5.74) is 0. The van der Waals surface area contributed by atoms with Gasteiger partial charge in [0.05, 0.1) is 0 Å². The van der Waals surface area contributed by atoms with Gasteiger partial charge in [0.25, 0.3) is 0 Å². The molecule has 0 amide bonds. The van der Waals surface area contributed by atoms with Crippen LogP contribution in [0, 0.1) is 5.92 Å². The third-order valence-corrected chi connectivity index (χ3v) is 5.15. The quantitative estimate of drug-likeness (QED) is 0.613. The Morgan fingerprint density at radius 2 is 2.19 bits per heavy atom. The van der Waals surface area contributed by atoms with Crippen molar-refractivity contribution in [1.82, 2.24) is 10.2 Å². The van der Waals surface area contributed by atoms with Crippen LogP contribution in [0.5, 0.6) is 0 Å². The van der Waals surface area contributed by atoms with Crippen molar-refractivity contribution < 1.29 is 0 Å². The fraction of sp³-hybridized carbons (Fsp3) is 0.800. The van der Waals surface area contributed by atoms with Crippen LogP contribution in [0.25, 0.3) is 0 Å². The van der Waals surface area contributed by atoms with Gasteiger partial charge in [0.2, 0.25) is 5.13 Å². The molecule has 0 spiro atoms. The van der Waals surface area contributed by atoms with Crippen LogP contribution in [0.15, 0.2) is 4.34 Å². The minimum absolute atomic E-state index is 0.685. The van der Waals surface area contributed by atoms with Gasteiger partial charge in [-0.15, -0.1) is 10.2 Å². The SMILES string of the molecule is CCCC(CS)CSc1nnc(N(C)C)s1.